The first-order valence-electron chi connectivity index (χ1n) is 8.54. The van der Waals surface area contributed by atoms with E-state index in [-0.39, 0.29) is 12.4 Å². The molecule has 0 saturated heterocycles. The predicted molar refractivity (Wildman–Crippen MR) is 100 cm³/mol. The van der Waals surface area contributed by atoms with E-state index in [1.165, 1.54) is 6.07 Å². The molecule has 0 radical (unpaired) electrons. The molecule has 1 aromatic carbocycles. The molecule has 3 aromatic heterocycles. The average Bonchev–Trinajstić information content (AvgIpc) is 3.12. The van der Waals surface area contributed by atoms with Crippen LogP contribution >= 0.6 is 0 Å². The third kappa shape index (κ3) is 3.60. The van der Waals surface area contributed by atoms with Crippen LogP contribution in [-0.4, -0.2) is 22.1 Å². The maximum atomic E-state index is 14.7. The maximum Gasteiger partial charge on any atom is 0.164 e. The molecule has 0 saturated carbocycles. The summed E-state index contributed by atoms with van der Waals surface area (Å²) in [6, 6.07) is 12.4. The monoisotopic (exact) mass is 363 g/mol. The topological polar surface area (TPSA) is 60.0 Å². The third-order valence-electron chi connectivity index (χ3n) is 4.35. The fourth-order valence-electron chi connectivity index (χ4n) is 2.98. The van der Waals surface area contributed by atoms with Gasteiger partial charge in [0.25, 0.3) is 0 Å². The summed E-state index contributed by atoms with van der Waals surface area (Å²) in [6.45, 7) is 0.240. The number of hydrogen-bond donors (Lipinski definition) is 1. The number of nitrogens with zero attached hydrogens (tertiary/aromatic N) is 2. The highest BCUT2D eigenvalue weighted by atomic mass is 19.1. The summed E-state index contributed by atoms with van der Waals surface area (Å²) in [4.78, 5) is 11.6. The maximum absolute atomic E-state index is 14.7. The van der Waals surface area contributed by atoms with Gasteiger partial charge in [0.2, 0.25) is 0 Å². The molecular formula is C21H18FN3O2. The van der Waals surface area contributed by atoms with Crippen LogP contribution in [0.1, 0.15) is 16.8 Å². The molecule has 0 atom stereocenters. The van der Waals surface area contributed by atoms with Gasteiger partial charge in [-0.25, -0.2) is 9.37 Å². The lowest BCUT2D eigenvalue weighted by atomic mass is 10.0. The van der Waals surface area contributed by atoms with Gasteiger partial charge in [-0.05, 0) is 41.5 Å². The van der Waals surface area contributed by atoms with Gasteiger partial charge in [0, 0.05) is 36.5 Å². The Kier molecular flexibility index (Phi) is 4.70. The molecule has 0 aliphatic rings. The molecule has 5 nitrogen and oxygen atoms in total. The summed E-state index contributed by atoms with van der Waals surface area (Å²) >= 11 is 0. The molecular weight excluding hydrogens is 345 g/mol. The molecule has 0 fully saturated rings. The Bertz CT molecular complexity index is 1060. The minimum atomic E-state index is -0.343. The highest BCUT2D eigenvalue weighted by Gasteiger charge is 2.14. The van der Waals surface area contributed by atoms with E-state index < -0.39 is 0 Å². The molecule has 136 valence electrons. The Morgan fingerprint density at radius 2 is 1.89 bits per heavy atom. The van der Waals surface area contributed by atoms with Gasteiger partial charge < -0.3 is 14.5 Å². The molecule has 27 heavy (non-hydrogen) atoms. The summed E-state index contributed by atoms with van der Waals surface area (Å²) in [5, 5.41) is 0.978. The van der Waals surface area contributed by atoms with Crippen LogP contribution in [0.2, 0.25) is 0 Å². The number of aromatic amines is 1. The molecule has 0 aliphatic carbocycles. The van der Waals surface area contributed by atoms with Gasteiger partial charge in [-0.3, -0.25) is 4.98 Å². The Labute approximate surface area is 155 Å². The molecule has 4 aromatic rings. The lowest BCUT2D eigenvalue weighted by molar-refractivity contribution is 0.278. The minimum Gasteiger partial charge on any atom is -0.493 e. The molecule has 6 heteroatoms. The van der Waals surface area contributed by atoms with Crippen molar-refractivity contribution in [3.05, 3.63) is 83.7 Å². The molecule has 4 rings (SSSR count). The molecule has 1 N–H and O–H groups in total. The Morgan fingerprint density at radius 1 is 1.00 bits per heavy atom. The van der Waals surface area contributed by atoms with Crippen LogP contribution < -0.4 is 9.47 Å². The van der Waals surface area contributed by atoms with E-state index in [1.807, 2.05) is 36.5 Å². The van der Waals surface area contributed by atoms with E-state index >= 15 is 0 Å². The molecule has 0 bridgehead atoms. The van der Waals surface area contributed by atoms with Crippen LogP contribution in [0.5, 0.6) is 11.5 Å². The first kappa shape index (κ1) is 17.0. The smallest absolute Gasteiger partial charge is 0.164 e. The van der Waals surface area contributed by atoms with Crippen LogP contribution in [-0.2, 0) is 13.0 Å². The Balaban J connectivity index is 1.59. The number of ether oxygens (including phenoxy) is 2. The summed E-state index contributed by atoms with van der Waals surface area (Å²) in [5.74, 6) is 0.496. The van der Waals surface area contributed by atoms with Crippen molar-refractivity contribution >= 4 is 11.0 Å². The van der Waals surface area contributed by atoms with E-state index in [9.17, 15) is 4.39 Å². The molecule has 0 unspecified atom stereocenters. The molecule has 0 aliphatic heterocycles. The van der Waals surface area contributed by atoms with Gasteiger partial charge in [0.05, 0.1) is 12.8 Å². The average molecular weight is 363 g/mol. The second-order valence-corrected chi connectivity index (χ2v) is 6.09. The summed E-state index contributed by atoms with van der Waals surface area (Å²) in [7, 11) is 1.54. The number of aromatic nitrogens is 3. The van der Waals surface area contributed by atoms with Gasteiger partial charge in [-0.2, -0.15) is 0 Å². The van der Waals surface area contributed by atoms with Crippen LogP contribution in [0.3, 0.4) is 0 Å². The van der Waals surface area contributed by atoms with Crippen molar-refractivity contribution in [1.82, 2.24) is 15.0 Å². The van der Waals surface area contributed by atoms with E-state index in [1.54, 1.807) is 25.6 Å². The van der Waals surface area contributed by atoms with Crippen molar-refractivity contribution in [2.24, 2.45) is 0 Å². The highest BCUT2D eigenvalue weighted by molar-refractivity contribution is 5.79. The van der Waals surface area contributed by atoms with Gasteiger partial charge >= 0.3 is 0 Å². The fourth-order valence-corrected chi connectivity index (χ4v) is 2.98. The molecule has 0 spiro atoms. The van der Waals surface area contributed by atoms with Crippen molar-refractivity contribution in [3.8, 4) is 11.5 Å². The van der Waals surface area contributed by atoms with Gasteiger partial charge in [0.1, 0.15) is 18.1 Å². The van der Waals surface area contributed by atoms with E-state index in [2.05, 4.69) is 15.0 Å². The number of methoxy groups -OCH3 is 1. The lowest BCUT2D eigenvalue weighted by Crippen LogP contribution is -2.02. The van der Waals surface area contributed by atoms with Crippen molar-refractivity contribution in [1.29, 1.82) is 0 Å². The number of halogens is 1. The minimum absolute atomic E-state index is 0.240. The van der Waals surface area contributed by atoms with Crippen LogP contribution in [0.4, 0.5) is 4.39 Å². The van der Waals surface area contributed by atoms with Crippen molar-refractivity contribution in [2.45, 2.75) is 13.0 Å². The normalized spacial score (nSPS) is 10.9. The number of hydrogen-bond acceptors (Lipinski definition) is 4. The number of benzene rings is 1. The Hall–Kier alpha value is -3.41. The number of pyridine rings is 2. The second-order valence-electron chi connectivity index (χ2n) is 6.09. The zero-order valence-corrected chi connectivity index (χ0v) is 14.8. The van der Waals surface area contributed by atoms with Crippen LogP contribution in [0, 0.1) is 5.82 Å². The number of H-pyrrole nitrogens is 1. The zero-order valence-electron chi connectivity index (χ0n) is 14.8. The first-order chi connectivity index (χ1) is 13.2. The van der Waals surface area contributed by atoms with Crippen molar-refractivity contribution < 1.29 is 13.9 Å². The van der Waals surface area contributed by atoms with Gasteiger partial charge in [0.15, 0.2) is 11.5 Å². The van der Waals surface area contributed by atoms with E-state index in [0.717, 1.165) is 22.3 Å². The largest absolute Gasteiger partial charge is 0.493 e. The highest BCUT2D eigenvalue weighted by Crippen LogP contribution is 2.32. The quantitative estimate of drug-likeness (QED) is 0.556. The fraction of sp³-hybridized carbons (Fsp3) is 0.143. The standard InChI is InChI=1S/C21H18FN3O2/c1-26-19-10-14(9-15-12-25-21-17(15)6-4-8-24-21)18(22)11-20(19)27-13-16-5-2-3-7-23-16/h2-8,10-12H,9,13H2,1H3,(H,24,25). The van der Waals surface area contributed by atoms with E-state index in [0.29, 0.717) is 23.5 Å². The molecule has 3 heterocycles. The van der Waals surface area contributed by atoms with Crippen LogP contribution in [0.15, 0.2) is 61.1 Å². The molecule has 0 amide bonds. The number of rotatable bonds is 6. The van der Waals surface area contributed by atoms with Crippen molar-refractivity contribution in [2.75, 3.05) is 7.11 Å². The summed E-state index contributed by atoms with van der Waals surface area (Å²) in [6.07, 6.45) is 5.69. The predicted octanol–water partition coefficient (Wildman–Crippen LogP) is 4.28. The van der Waals surface area contributed by atoms with Gasteiger partial charge in [-0.1, -0.05) is 6.07 Å². The summed E-state index contributed by atoms with van der Waals surface area (Å²) < 4.78 is 25.8. The summed E-state index contributed by atoms with van der Waals surface area (Å²) in [5.41, 5.74) is 3.05. The SMILES string of the molecule is COc1cc(Cc2c[nH]c3ncccc23)c(F)cc1OCc1ccccn1. The second kappa shape index (κ2) is 7.45. The zero-order chi connectivity index (χ0) is 18.6. The number of fused-ring (bicyclic) bond motifs is 1. The van der Waals surface area contributed by atoms with E-state index in [4.69, 9.17) is 9.47 Å². The lowest BCUT2D eigenvalue weighted by Gasteiger charge is -2.13. The number of nitrogens with one attached hydrogen (secondary N) is 1. The van der Waals surface area contributed by atoms with Gasteiger partial charge in [-0.15, -0.1) is 0 Å². The van der Waals surface area contributed by atoms with Crippen LogP contribution in [0.25, 0.3) is 11.0 Å². The van der Waals surface area contributed by atoms with Crippen molar-refractivity contribution in [3.63, 3.8) is 0 Å². The first-order valence-corrected chi connectivity index (χ1v) is 8.54. The third-order valence-corrected chi connectivity index (χ3v) is 4.35. The Morgan fingerprint density at radius 3 is 2.70 bits per heavy atom.